The van der Waals surface area contributed by atoms with Crippen LogP contribution in [0.2, 0.25) is 0 Å². The first-order valence-corrected chi connectivity index (χ1v) is 10.5. The van der Waals surface area contributed by atoms with Crippen molar-refractivity contribution in [1.29, 1.82) is 5.26 Å². The summed E-state index contributed by atoms with van der Waals surface area (Å²) in [6.07, 6.45) is 0.430. The number of hydrogen-bond acceptors (Lipinski definition) is 4. The normalized spacial score (nSPS) is 21.9. The van der Waals surface area contributed by atoms with Crippen LogP contribution < -0.4 is 4.74 Å². The number of carbonyl (C=O) groups excluding carboxylic acids is 2. The van der Waals surface area contributed by atoms with Gasteiger partial charge >= 0.3 is 0 Å². The minimum atomic E-state index is -3.16. The fourth-order valence-corrected chi connectivity index (χ4v) is 4.21. The number of halogens is 2. The number of amides is 2. The molecular formula is C24H23F2N3O3. The molecule has 6 nitrogen and oxygen atoms in total. The van der Waals surface area contributed by atoms with Crippen molar-refractivity contribution in [2.75, 3.05) is 13.1 Å². The van der Waals surface area contributed by atoms with Crippen molar-refractivity contribution in [1.82, 2.24) is 9.80 Å². The first kappa shape index (κ1) is 21.8. The summed E-state index contributed by atoms with van der Waals surface area (Å²) in [5.41, 5.74) is 1.19. The van der Waals surface area contributed by atoms with Gasteiger partial charge in [0.1, 0.15) is 24.4 Å². The van der Waals surface area contributed by atoms with Crippen LogP contribution in [-0.4, -0.2) is 52.7 Å². The Balaban J connectivity index is 1.46. The minimum Gasteiger partial charge on any atom is -0.489 e. The lowest BCUT2D eigenvalue weighted by atomic mass is 10.1. The second kappa shape index (κ2) is 8.95. The third-order valence-electron chi connectivity index (χ3n) is 5.85. The monoisotopic (exact) mass is 439 g/mol. The maximum Gasteiger partial charge on any atom is 0.267 e. The van der Waals surface area contributed by atoms with Crippen molar-refractivity contribution < 1.29 is 23.1 Å². The molecule has 166 valence electrons. The van der Waals surface area contributed by atoms with Gasteiger partial charge in [-0.1, -0.05) is 30.3 Å². The molecule has 8 heteroatoms. The van der Waals surface area contributed by atoms with Crippen LogP contribution in [0.25, 0.3) is 0 Å². The summed E-state index contributed by atoms with van der Waals surface area (Å²) in [6.45, 7) is -0.118. The van der Waals surface area contributed by atoms with Gasteiger partial charge < -0.3 is 14.5 Å². The standard InChI is InChI=1S/C24H23F2N3O3/c25-24(26)13-21(23(31)28-12-4-7-19(28)14-27)29(16-24)22(30)18-8-10-20(11-9-18)32-15-17-5-2-1-3-6-17/h1-3,5-6,8-11,19,21H,4,7,12-13,15-16H2/t19?,21-/m0/s1. The highest BCUT2D eigenvalue weighted by Gasteiger charge is 2.52. The number of alkyl halides is 2. The van der Waals surface area contributed by atoms with E-state index < -0.39 is 42.8 Å². The SMILES string of the molecule is N#CC1CCCN1C(=O)[C@@H]1CC(F)(F)CN1C(=O)c1ccc(OCc2ccccc2)cc1. The molecule has 2 heterocycles. The van der Waals surface area contributed by atoms with Gasteiger partial charge in [-0.05, 0) is 42.7 Å². The number of rotatable bonds is 5. The number of carbonyl (C=O) groups is 2. The van der Waals surface area contributed by atoms with Gasteiger partial charge in [0.2, 0.25) is 5.91 Å². The molecule has 2 atom stereocenters. The van der Waals surface area contributed by atoms with Crippen LogP contribution in [0.1, 0.15) is 35.2 Å². The van der Waals surface area contributed by atoms with Gasteiger partial charge in [0.15, 0.2) is 0 Å². The van der Waals surface area contributed by atoms with E-state index in [1.54, 1.807) is 12.1 Å². The molecule has 1 unspecified atom stereocenters. The quantitative estimate of drug-likeness (QED) is 0.713. The predicted octanol–water partition coefficient (Wildman–Crippen LogP) is 3.63. The van der Waals surface area contributed by atoms with Crippen LogP contribution in [0.4, 0.5) is 8.78 Å². The fraction of sp³-hybridized carbons (Fsp3) is 0.375. The van der Waals surface area contributed by atoms with Gasteiger partial charge in [-0.15, -0.1) is 0 Å². The summed E-state index contributed by atoms with van der Waals surface area (Å²) in [5.74, 6) is -3.83. The number of nitriles is 1. The average molecular weight is 439 g/mol. The summed E-state index contributed by atoms with van der Waals surface area (Å²) in [4.78, 5) is 28.2. The lowest BCUT2D eigenvalue weighted by Crippen LogP contribution is -2.49. The van der Waals surface area contributed by atoms with Gasteiger partial charge in [-0.2, -0.15) is 5.26 Å². The van der Waals surface area contributed by atoms with Crippen LogP contribution in [0.3, 0.4) is 0 Å². The average Bonchev–Trinajstić information content (AvgIpc) is 3.41. The molecular weight excluding hydrogens is 416 g/mol. The molecule has 2 aliphatic rings. The smallest absolute Gasteiger partial charge is 0.267 e. The van der Waals surface area contributed by atoms with Crippen LogP contribution in [-0.2, 0) is 11.4 Å². The summed E-state index contributed by atoms with van der Waals surface area (Å²) < 4.78 is 34.1. The van der Waals surface area contributed by atoms with Crippen molar-refractivity contribution in [2.24, 2.45) is 0 Å². The highest BCUT2D eigenvalue weighted by molar-refractivity contribution is 5.98. The Kier molecular flexibility index (Phi) is 6.08. The zero-order chi connectivity index (χ0) is 22.7. The van der Waals surface area contributed by atoms with E-state index in [9.17, 15) is 23.6 Å². The molecule has 2 aromatic carbocycles. The Morgan fingerprint density at radius 3 is 2.50 bits per heavy atom. The van der Waals surface area contributed by atoms with E-state index in [2.05, 4.69) is 0 Å². The molecule has 0 aromatic heterocycles. The maximum absolute atomic E-state index is 14.2. The molecule has 0 bridgehead atoms. The number of nitrogens with zero attached hydrogens (tertiary/aromatic N) is 3. The second-order valence-corrected chi connectivity index (χ2v) is 8.13. The second-order valence-electron chi connectivity index (χ2n) is 8.13. The molecule has 2 aromatic rings. The number of likely N-dealkylation sites (tertiary alicyclic amines) is 2. The molecule has 0 spiro atoms. The first-order valence-electron chi connectivity index (χ1n) is 10.5. The number of ether oxygens (including phenoxy) is 1. The van der Waals surface area contributed by atoms with Gasteiger partial charge in [0, 0.05) is 18.5 Å². The van der Waals surface area contributed by atoms with E-state index in [0.29, 0.717) is 31.7 Å². The molecule has 32 heavy (non-hydrogen) atoms. The van der Waals surface area contributed by atoms with E-state index >= 15 is 0 Å². The van der Waals surface area contributed by atoms with E-state index in [0.717, 1.165) is 10.5 Å². The zero-order valence-corrected chi connectivity index (χ0v) is 17.4. The summed E-state index contributed by atoms with van der Waals surface area (Å²) in [5, 5.41) is 9.24. The summed E-state index contributed by atoms with van der Waals surface area (Å²) >= 11 is 0. The lowest BCUT2D eigenvalue weighted by Gasteiger charge is -2.28. The highest BCUT2D eigenvalue weighted by Crippen LogP contribution is 2.35. The summed E-state index contributed by atoms with van der Waals surface area (Å²) in [6, 6.07) is 16.0. The third-order valence-corrected chi connectivity index (χ3v) is 5.85. The Morgan fingerprint density at radius 2 is 1.81 bits per heavy atom. The van der Waals surface area contributed by atoms with E-state index in [1.165, 1.54) is 17.0 Å². The topological polar surface area (TPSA) is 73.6 Å². The van der Waals surface area contributed by atoms with Crippen LogP contribution >= 0.6 is 0 Å². The molecule has 2 fully saturated rings. The predicted molar refractivity (Wildman–Crippen MR) is 112 cm³/mol. The largest absolute Gasteiger partial charge is 0.489 e. The summed E-state index contributed by atoms with van der Waals surface area (Å²) in [7, 11) is 0. The Morgan fingerprint density at radius 1 is 1.09 bits per heavy atom. The number of benzene rings is 2. The fourth-order valence-electron chi connectivity index (χ4n) is 4.21. The van der Waals surface area contributed by atoms with Crippen molar-refractivity contribution in [3.8, 4) is 11.8 Å². The van der Waals surface area contributed by atoms with E-state index in [-0.39, 0.29) is 5.56 Å². The van der Waals surface area contributed by atoms with Crippen LogP contribution in [0.5, 0.6) is 5.75 Å². The highest BCUT2D eigenvalue weighted by atomic mass is 19.3. The van der Waals surface area contributed by atoms with Crippen LogP contribution in [0, 0.1) is 11.3 Å². The Hall–Kier alpha value is -3.47. The van der Waals surface area contributed by atoms with Gasteiger partial charge in [0.25, 0.3) is 11.8 Å². The molecule has 2 aliphatic heterocycles. The van der Waals surface area contributed by atoms with E-state index in [4.69, 9.17) is 4.74 Å². The van der Waals surface area contributed by atoms with Crippen molar-refractivity contribution >= 4 is 11.8 Å². The molecule has 0 saturated carbocycles. The van der Waals surface area contributed by atoms with Gasteiger partial charge in [-0.3, -0.25) is 9.59 Å². The Bertz CT molecular complexity index is 1020. The molecule has 0 N–H and O–H groups in total. The van der Waals surface area contributed by atoms with Crippen molar-refractivity contribution in [2.45, 2.75) is 43.9 Å². The zero-order valence-electron chi connectivity index (χ0n) is 17.4. The van der Waals surface area contributed by atoms with Gasteiger partial charge in [0.05, 0.1) is 12.6 Å². The van der Waals surface area contributed by atoms with Gasteiger partial charge in [-0.25, -0.2) is 8.78 Å². The molecule has 0 radical (unpaired) electrons. The van der Waals surface area contributed by atoms with Crippen molar-refractivity contribution in [3.05, 3.63) is 65.7 Å². The lowest BCUT2D eigenvalue weighted by molar-refractivity contribution is -0.135. The first-order chi connectivity index (χ1) is 15.4. The minimum absolute atomic E-state index is 0.200. The molecule has 4 rings (SSSR count). The molecule has 2 amide bonds. The molecule has 0 aliphatic carbocycles. The third kappa shape index (κ3) is 4.57. The number of hydrogen-bond donors (Lipinski definition) is 0. The maximum atomic E-state index is 14.2. The molecule has 2 saturated heterocycles. The van der Waals surface area contributed by atoms with Crippen molar-refractivity contribution in [3.63, 3.8) is 0 Å². The van der Waals surface area contributed by atoms with Crippen LogP contribution in [0.15, 0.2) is 54.6 Å². The Labute approximate surface area is 185 Å². The van der Waals surface area contributed by atoms with E-state index in [1.807, 2.05) is 36.4 Å².